The topological polar surface area (TPSA) is 105 Å². The molecule has 8 nitrogen and oxygen atoms in total. The molecule has 3 aliphatic rings. The average Bonchev–Trinajstić information content (AvgIpc) is 3.29. The number of hydrogen-bond acceptors (Lipinski definition) is 8. The summed E-state index contributed by atoms with van der Waals surface area (Å²) in [4.78, 5) is 27.4. The van der Waals surface area contributed by atoms with E-state index in [1.165, 1.54) is 12.1 Å². The lowest BCUT2D eigenvalue weighted by Gasteiger charge is -2.61. The summed E-state index contributed by atoms with van der Waals surface area (Å²) in [6.45, 7) is 9.65. The number of ether oxygens (including phenoxy) is 3. The van der Waals surface area contributed by atoms with Crippen LogP contribution in [-0.2, 0) is 38.1 Å². The lowest BCUT2D eigenvalue weighted by molar-refractivity contribution is -0.209. The fraction of sp³-hybridized carbons (Fsp3) is 0.733. The molecule has 0 radical (unpaired) electrons. The van der Waals surface area contributed by atoms with E-state index in [1.54, 1.807) is 26.4 Å². The number of hydrogen-bond donors (Lipinski definition) is 0. The minimum Gasteiger partial charge on any atom is -0.460 e. The third kappa shape index (κ3) is 5.09. The van der Waals surface area contributed by atoms with E-state index in [4.69, 9.17) is 18.4 Å². The van der Waals surface area contributed by atoms with Gasteiger partial charge in [0.05, 0.1) is 23.0 Å². The van der Waals surface area contributed by atoms with Gasteiger partial charge in [0, 0.05) is 31.5 Å². The van der Waals surface area contributed by atoms with Crippen LogP contribution in [0.3, 0.4) is 0 Å². The molecular weight excluding hydrogens is 520 g/mol. The zero-order chi connectivity index (χ0) is 28.8. The van der Waals surface area contributed by atoms with E-state index in [2.05, 4.69) is 20.8 Å². The number of benzene rings is 1. The van der Waals surface area contributed by atoms with E-state index in [1.807, 2.05) is 13.8 Å². The van der Waals surface area contributed by atoms with Crippen LogP contribution in [0.1, 0.15) is 65.4 Å². The number of aryl methyl sites for hydroxylation is 1. The SMILES string of the molecule is COC[C@]1(C)C[C@@H](OC(=O)COS(=O)(=O)c2ccc(C)cc2)[C@]2(C)[C@@H](C)CC[C@]3(CC[C@@H](OC)[C@@H]32)[C@@H](C)C1=O. The maximum Gasteiger partial charge on any atom is 0.333 e. The van der Waals surface area contributed by atoms with E-state index in [-0.39, 0.29) is 53.0 Å². The molecule has 0 heterocycles. The molecule has 3 fully saturated rings. The molecule has 0 aromatic heterocycles. The molecule has 1 aromatic rings. The number of ketones is 1. The molecule has 0 saturated heterocycles. The summed E-state index contributed by atoms with van der Waals surface area (Å²) in [5, 5.41) is 0. The Morgan fingerprint density at radius 2 is 1.69 bits per heavy atom. The predicted molar refractivity (Wildman–Crippen MR) is 145 cm³/mol. The third-order valence-corrected chi connectivity index (χ3v) is 11.8. The first-order chi connectivity index (χ1) is 18.2. The van der Waals surface area contributed by atoms with Gasteiger partial charge < -0.3 is 14.2 Å². The van der Waals surface area contributed by atoms with Crippen LogP contribution in [0.2, 0.25) is 0 Å². The fourth-order valence-electron chi connectivity index (χ4n) is 8.20. The quantitative estimate of drug-likeness (QED) is 0.330. The van der Waals surface area contributed by atoms with Crippen molar-refractivity contribution in [2.24, 2.45) is 34.0 Å². The summed E-state index contributed by atoms with van der Waals surface area (Å²) in [6.07, 6.45) is 3.14. The van der Waals surface area contributed by atoms with E-state index >= 15 is 0 Å². The zero-order valence-corrected chi connectivity index (χ0v) is 25.1. The highest BCUT2D eigenvalue weighted by Gasteiger charge is 2.68. The molecule has 3 aliphatic carbocycles. The number of methoxy groups -OCH3 is 2. The molecule has 0 aliphatic heterocycles. The Balaban J connectivity index is 1.68. The van der Waals surface area contributed by atoms with E-state index in [0.717, 1.165) is 31.2 Å². The lowest BCUT2D eigenvalue weighted by Crippen LogP contribution is -2.63. The first kappa shape index (κ1) is 30.2. The Morgan fingerprint density at radius 1 is 1.05 bits per heavy atom. The highest BCUT2D eigenvalue weighted by Crippen LogP contribution is 2.68. The maximum absolute atomic E-state index is 14.1. The van der Waals surface area contributed by atoms with Gasteiger partial charge in [-0.3, -0.25) is 8.98 Å². The van der Waals surface area contributed by atoms with Gasteiger partial charge in [0.15, 0.2) is 6.61 Å². The summed E-state index contributed by atoms with van der Waals surface area (Å²) >= 11 is 0. The van der Waals surface area contributed by atoms with Crippen LogP contribution in [0.4, 0.5) is 0 Å². The highest BCUT2D eigenvalue weighted by atomic mass is 32.2. The molecule has 9 heteroatoms. The molecule has 0 amide bonds. The third-order valence-electron chi connectivity index (χ3n) is 10.5. The Bertz CT molecular complexity index is 1180. The standard InChI is InChI=1S/C30H44O8S/c1-19-8-10-22(11-9-19)39(33,34)37-17-25(31)38-24-16-28(4,18-35-6)27(32)21(3)30-14-12-20(2)29(24,5)26(30)23(36-7)13-15-30/h8-11,20-21,23-24,26H,12-18H2,1-7H3/t20-,21-,23+,24+,26+,28-,29-,30-/m0/s1. The van der Waals surface area contributed by atoms with Gasteiger partial charge in [0.2, 0.25) is 0 Å². The second-order valence-corrected chi connectivity index (χ2v) is 14.2. The van der Waals surface area contributed by atoms with Gasteiger partial charge in [-0.2, -0.15) is 8.42 Å². The molecule has 39 heavy (non-hydrogen) atoms. The molecule has 0 N–H and O–H groups in total. The number of Topliss-reactive ketones (excluding diaryl/α,β-unsaturated/α-hetero) is 1. The van der Waals surface area contributed by atoms with Crippen molar-refractivity contribution in [1.82, 2.24) is 0 Å². The predicted octanol–water partition coefficient (Wildman–Crippen LogP) is 4.72. The minimum atomic E-state index is -4.14. The number of rotatable bonds is 8. The first-order valence-corrected chi connectivity index (χ1v) is 15.4. The van der Waals surface area contributed by atoms with Crippen LogP contribution in [-0.4, -0.2) is 59.8 Å². The molecule has 8 atom stereocenters. The van der Waals surface area contributed by atoms with Crippen molar-refractivity contribution < 1.29 is 36.4 Å². The normalized spacial score (nSPS) is 38.5. The van der Waals surface area contributed by atoms with Crippen LogP contribution in [0, 0.1) is 40.9 Å². The van der Waals surface area contributed by atoms with Crippen LogP contribution in [0.15, 0.2) is 29.2 Å². The summed E-state index contributed by atoms with van der Waals surface area (Å²) in [6, 6.07) is 6.23. The Hall–Kier alpha value is -1.81. The summed E-state index contributed by atoms with van der Waals surface area (Å²) in [7, 11) is -0.839. The smallest absolute Gasteiger partial charge is 0.333 e. The Kier molecular flexibility index (Phi) is 8.41. The molecule has 2 bridgehead atoms. The van der Waals surface area contributed by atoms with E-state index in [9.17, 15) is 18.0 Å². The molecule has 0 unspecified atom stereocenters. The van der Waals surface area contributed by atoms with Crippen LogP contribution < -0.4 is 0 Å². The van der Waals surface area contributed by atoms with Crippen molar-refractivity contribution in [3.8, 4) is 0 Å². The summed E-state index contributed by atoms with van der Waals surface area (Å²) < 4.78 is 48.3. The van der Waals surface area contributed by atoms with Crippen LogP contribution in [0.5, 0.6) is 0 Å². The second kappa shape index (κ2) is 10.9. The maximum atomic E-state index is 14.1. The number of esters is 1. The highest BCUT2D eigenvalue weighted by molar-refractivity contribution is 7.86. The lowest BCUT2D eigenvalue weighted by atomic mass is 9.44. The van der Waals surface area contributed by atoms with Gasteiger partial charge in [0.25, 0.3) is 10.1 Å². The largest absolute Gasteiger partial charge is 0.460 e. The second-order valence-electron chi connectivity index (χ2n) is 12.6. The molecular formula is C30H44O8S. The fourth-order valence-corrected chi connectivity index (χ4v) is 9.06. The molecule has 1 aromatic carbocycles. The average molecular weight is 565 g/mol. The molecule has 3 saturated carbocycles. The zero-order valence-electron chi connectivity index (χ0n) is 24.3. The van der Waals surface area contributed by atoms with Crippen molar-refractivity contribution >= 4 is 21.9 Å². The van der Waals surface area contributed by atoms with Gasteiger partial charge in [-0.25, -0.2) is 4.79 Å². The van der Waals surface area contributed by atoms with Gasteiger partial charge >= 0.3 is 5.97 Å². The van der Waals surface area contributed by atoms with Gasteiger partial charge in [0.1, 0.15) is 11.9 Å². The Morgan fingerprint density at radius 3 is 2.31 bits per heavy atom. The van der Waals surface area contributed by atoms with Gasteiger partial charge in [-0.15, -0.1) is 0 Å². The molecule has 218 valence electrons. The summed E-state index contributed by atoms with van der Waals surface area (Å²) in [5.74, 6) is -0.627. The van der Waals surface area contributed by atoms with Crippen molar-refractivity contribution in [1.29, 1.82) is 0 Å². The van der Waals surface area contributed by atoms with Crippen molar-refractivity contribution in [3.63, 3.8) is 0 Å². The monoisotopic (exact) mass is 564 g/mol. The van der Waals surface area contributed by atoms with E-state index < -0.39 is 39.6 Å². The van der Waals surface area contributed by atoms with Crippen LogP contribution >= 0.6 is 0 Å². The van der Waals surface area contributed by atoms with Gasteiger partial charge in [-0.1, -0.05) is 45.4 Å². The summed E-state index contributed by atoms with van der Waals surface area (Å²) in [5.41, 5.74) is -0.710. The van der Waals surface area contributed by atoms with E-state index in [0.29, 0.717) is 0 Å². The van der Waals surface area contributed by atoms with Crippen LogP contribution in [0.25, 0.3) is 0 Å². The molecule has 0 spiro atoms. The van der Waals surface area contributed by atoms with Gasteiger partial charge in [-0.05, 0) is 62.5 Å². The van der Waals surface area contributed by atoms with Crippen molar-refractivity contribution in [2.75, 3.05) is 27.4 Å². The van der Waals surface area contributed by atoms with Crippen molar-refractivity contribution in [3.05, 3.63) is 29.8 Å². The molecule has 4 rings (SSSR count). The number of carbonyl (C=O) groups is 2. The van der Waals surface area contributed by atoms with Crippen molar-refractivity contribution in [2.45, 2.75) is 83.8 Å². The first-order valence-electron chi connectivity index (χ1n) is 14.0. The minimum absolute atomic E-state index is 0.0137. The number of carbonyl (C=O) groups excluding carboxylic acids is 2. The Labute approximate surface area is 233 Å².